The van der Waals surface area contributed by atoms with Crippen LogP contribution in [0.15, 0.2) is 52.3 Å². The van der Waals surface area contributed by atoms with Crippen LogP contribution in [0, 0.1) is 0 Å². The second-order valence-electron chi connectivity index (χ2n) is 5.18. The predicted octanol–water partition coefficient (Wildman–Crippen LogP) is 5.65. The number of aryl methyl sites for hydroxylation is 1. The fourth-order valence-electron chi connectivity index (χ4n) is 2.86. The predicted molar refractivity (Wildman–Crippen MR) is 88.3 cm³/mol. The Morgan fingerprint density at radius 2 is 1.75 bits per heavy atom. The molecule has 2 aromatic rings. The van der Waals surface area contributed by atoms with E-state index in [-0.39, 0.29) is 0 Å². The molecule has 0 saturated heterocycles. The van der Waals surface area contributed by atoms with E-state index in [1.807, 2.05) is 11.8 Å². The Bertz CT molecular complexity index is 606. The Kier molecular flexibility index (Phi) is 4.02. The van der Waals surface area contributed by atoms with Gasteiger partial charge < -0.3 is 4.90 Å². The monoisotopic (exact) mass is 283 g/mol. The fourth-order valence-corrected chi connectivity index (χ4v) is 4.01. The van der Waals surface area contributed by atoms with Gasteiger partial charge in [0.05, 0.1) is 11.4 Å². The van der Waals surface area contributed by atoms with Gasteiger partial charge in [0.1, 0.15) is 0 Å². The first kappa shape index (κ1) is 13.6. The lowest BCUT2D eigenvalue weighted by atomic mass is 10.0. The van der Waals surface area contributed by atoms with Crippen LogP contribution in [0.4, 0.5) is 11.4 Å². The minimum Gasteiger partial charge on any atom is -0.340 e. The van der Waals surface area contributed by atoms with Crippen molar-refractivity contribution in [3.05, 3.63) is 48.0 Å². The van der Waals surface area contributed by atoms with E-state index >= 15 is 0 Å². The molecule has 0 bridgehead atoms. The van der Waals surface area contributed by atoms with Crippen molar-refractivity contribution in [1.29, 1.82) is 0 Å². The van der Waals surface area contributed by atoms with E-state index in [0.29, 0.717) is 0 Å². The third-order valence-electron chi connectivity index (χ3n) is 3.84. The quantitative estimate of drug-likeness (QED) is 0.713. The molecule has 0 fully saturated rings. The van der Waals surface area contributed by atoms with E-state index in [9.17, 15) is 0 Å². The van der Waals surface area contributed by atoms with Crippen LogP contribution < -0.4 is 4.90 Å². The van der Waals surface area contributed by atoms with E-state index in [4.69, 9.17) is 0 Å². The van der Waals surface area contributed by atoms with E-state index in [1.54, 1.807) is 0 Å². The molecule has 0 atom stereocenters. The van der Waals surface area contributed by atoms with Crippen LogP contribution in [0.2, 0.25) is 0 Å². The van der Waals surface area contributed by atoms with Gasteiger partial charge in [0, 0.05) is 16.3 Å². The zero-order valence-electron chi connectivity index (χ0n) is 12.2. The fraction of sp³-hybridized carbons (Fsp3) is 0.333. The van der Waals surface area contributed by atoms with Gasteiger partial charge in [0.2, 0.25) is 0 Å². The van der Waals surface area contributed by atoms with Crippen molar-refractivity contribution in [3.8, 4) is 0 Å². The Morgan fingerprint density at radius 3 is 2.55 bits per heavy atom. The lowest BCUT2D eigenvalue weighted by molar-refractivity contribution is 0.789. The molecular weight excluding hydrogens is 262 g/mol. The van der Waals surface area contributed by atoms with Crippen molar-refractivity contribution < 1.29 is 0 Å². The summed E-state index contributed by atoms with van der Waals surface area (Å²) in [5.41, 5.74) is 4.29. The number of benzene rings is 2. The average molecular weight is 283 g/mol. The Hall–Kier alpha value is -1.41. The van der Waals surface area contributed by atoms with Gasteiger partial charge in [-0.3, -0.25) is 0 Å². The maximum Gasteiger partial charge on any atom is 0.0585 e. The summed E-state index contributed by atoms with van der Waals surface area (Å²) in [6.45, 7) is 5.53. The van der Waals surface area contributed by atoms with Gasteiger partial charge >= 0.3 is 0 Å². The van der Waals surface area contributed by atoms with Gasteiger partial charge in [0.25, 0.3) is 0 Å². The molecule has 3 rings (SSSR count). The summed E-state index contributed by atoms with van der Waals surface area (Å²) in [5.74, 6) is 0. The lowest BCUT2D eigenvalue weighted by Gasteiger charge is -2.33. The lowest BCUT2D eigenvalue weighted by Crippen LogP contribution is -2.21. The molecule has 1 aliphatic rings. The SMILES string of the molecule is CCCCc1cccc2c1N(CC)c1ccccc1S2. The van der Waals surface area contributed by atoms with Crippen molar-refractivity contribution in [2.75, 3.05) is 11.4 Å². The summed E-state index contributed by atoms with van der Waals surface area (Å²) in [7, 11) is 0. The summed E-state index contributed by atoms with van der Waals surface area (Å²) in [6.07, 6.45) is 3.69. The molecule has 0 spiro atoms. The molecule has 1 aliphatic heterocycles. The minimum absolute atomic E-state index is 1.02. The molecule has 0 unspecified atom stereocenters. The summed E-state index contributed by atoms with van der Waals surface area (Å²) in [4.78, 5) is 5.25. The number of unbranched alkanes of at least 4 members (excludes halogenated alkanes) is 1. The van der Waals surface area contributed by atoms with Gasteiger partial charge in [-0.25, -0.2) is 0 Å². The number of nitrogens with zero attached hydrogens (tertiary/aromatic N) is 1. The van der Waals surface area contributed by atoms with Gasteiger partial charge in [0.15, 0.2) is 0 Å². The molecule has 20 heavy (non-hydrogen) atoms. The third-order valence-corrected chi connectivity index (χ3v) is 4.96. The highest BCUT2D eigenvalue weighted by molar-refractivity contribution is 7.99. The Labute approximate surface area is 126 Å². The van der Waals surface area contributed by atoms with Crippen LogP contribution in [-0.4, -0.2) is 6.54 Å². The van der Waals surface area contributed by atoms with E-state index in [1.165, 1.54) is 46.0 Å². The summed E-state index contributed by atoms with van der Waals surface area (Å²) in [6, 6.07) is 15.5. The van der Waals surface area contributed by atoms with Crippen molar-refractivity contribution in [3.63, 3.8) is 0 Å². The molecule has 0 radical (unpaired) electrons. The zero-order chi connectivity index (χ0) is 13.9. The third kappa shape index (κ3) is 2.33. The summed E-state index contributed by atoms with van der Waals surface area (Å²) in [5, 5.41) is 0. The largest absolute Gasteiger partial charge is 0.340 e. The first-order valence-electron chi connectivity index (χ1n) is 7.51. The van der Waals surface area contributed by atoms with Crippen molar-refractivity contribution in [2.45, 2.75) is 42.9 Å². The molecule has 1 heterocycles. The number of hydrogen-bond donors (Lipinski definition) is 0. The van der Waals surface area contributed by atoms with Gasteiger partial charge in [-0.15, -0.1) is 0 Å². The highest BCUT2D eigenvalue weighted by atomic mass is 32.2. The normalized spacial score (nSPS) is 13.0. The van der Waals surface area contributed by atoms with E-state index in [0.717, 1.165) is 6.54 Å². The standard InChI is InChI=1S/C18H21NS/c1-3-5-9-14-10-8-13-17-18(14)19(4-2)15-11-6-7-12-16(15)20-17/h6-8,10-13H,3-5,9H2,1-2H3. The molecular formula is C18H21NS. The van der Waals surface area contributed by atoms with Gasteiger partial charge in [-0.05, 0) is 43.5 Å². The number of para-hydroxylation sites is 2. The van der Waals surface area contributed by atoms with Crippen molar-refractivity contribution in [2.24, 2.45) is 0 Å². The van der Waals surface area contributed by atoms with Crippen LogP contribution in [0.1, 0.15) is 32.3 Å². The highest BCUT2D eigenvalue weighted by Gasteiger charge is 2.23. The van der Waals surface area contributed by atoms with Crippen LogP contribution in [-0.2, 0) is 6.42 Å². The smallest absolute Gasteiger partial charge is 0.0585 e. The number of fused-ring (bicyclic) bond motifs is 2. The first-order chi connectivity index (χ1) is 9.85. The average Bonchev–Trinajstić information content (AvgIpc) is 2.50. The zero-order valence-corrected chi connectivity index (χ0v) is 13.0. The Balaban J connectivity index is 2.08. The second kappa shape index (κ2) is 5.92. The van der Waals surface area contributed by atoms with Crippen LogP contribution in [0.3, 0.4) is 0 Å². The molecule has 0 aliphatic carbocycles. The molecule has 0 amide bonds. The van der Waals surface area contributed by atoms with Crippen LogP contribution >= 0.6 is 11.8 Å². The Morgan fingerprint density at radius 1 is 0.950 bits per heavy atom. The number of anilines is 2. The van der Waals surface area contributed by atoms with Crippen LogP contribution in [0.5, 0.6) is 0 Å². The molecule has 104 valence electrons. The first-order valence-corrected chi connectivity index (χ1v) is 8.33. The second-order valence-corrected chi connectivity index (χ2v) is 6.27. The molecule has 0 saturated carbocycles. The van der Waals surface area contributed by atoms with E-state index < -0.39 is 0 Å². The molecule has 2 heteroatoms. The van der Waals surface area contributed by atoms with Crippen molar-refractivity contribution in [1.82, 2.24) is 0 Å². The summed E-state index contributed by atoms with van der Waals surface area (Å²) >= 11 is 1.91. The maximum atomic E-state index is 2.48. The van der Waals surface area contributed by atoms with Gasteiger partial charge in [-0.2, -0.15) is 0 Å². The minimum atomic E-state index is 1.02. The number of hydrogen-bond acceptors (Lipinski definition) is 2. The molecule has 0 aromatic heterocycles. The van der Waals surface area contributed by atoms with Gasteiger partial charge in [-0.1, -0.05) is 49.4 Å². The molecule has 2 aromatic carbocycles. The topological polar surface area (TPSA) is 3.24 Å². The molecule has 0 N–H and O–H groups in total. The maximum absolute atomic E-state index is 2.48. The highest BCUT2D eigenvalue weighted by Crippen LogP contribution is 2.49. The molecule has 1 nitrogen and oxygen atoms in total. The van der Waals surface area contributed by atoms with Crippen molar-refractivity contribution >= 4 is 23.1 Å². The summed E-state index contributed by atoms with van der Waals surface area (Å²) < 4.78 is 0. The van der Waals surface area contributed by atoms with Crippen LogP contribution in [0.25, 0.3) is 0 Å². The number of rotatable bonds is 4. The van der Waals surface area contributed by atoms with E-state index in [2.05, 4.69) is 61.2 Å².